The molecule has 2 saturated heterocycles. The van der Waals surface area contributed by atoms with Crippen molar-refractivity contribution in [2.75, 3.05) is 31.1 Å². The predicted molar refractivity (Wildman–Crippen MR) is 91.2 cm³/mol. The zero-order chi connectivity index (χ0) is 15.4. The zero-order valence-electron chi connectivity index (χ0n) is 13.8. The van der Waals surface area contributed by atoms with Gasteiger partial charge in [-0.3, -0.25) is 4.79 Å². The van der Waals surface area contributed by atoms with Crippen molar-refractivity contribution >= 4 is 11.6 Å². The van der Waals surface area contributed by atoms with E-state index in [1.165, 1.54) is 38.0 Å². The highest BCUT2D eigenvalue weighted by atomic mass is 16.2. The number of anilines is 1. The standard InChI is InChI=1S/C19H28N2O/c1-16-9-13-21(14-10-16)19(22)15-17-5-7-18(8-6-17)20-11-3-2-4-12-20/h5-8,16H,2-4,9-15H2,1H3. The topological polar surface area (TPSA) is 23.6 Å². The molecule has 3 nitrogen and oxygen atoms in total. The highest BCUT2D eigenvalue weighted by molar-refractivity contribution is 5.79. The third-order valence-electron chi connectivity index (χ3n) is 5.15. The molecule has 0 spiro atoms. The summed E-state index contributed by atoms with van der Waals surface area (Å²) in [6, 6.07) is 8.64. The molecule has 0 atom stereocenters. The predicted octanol–water partition coefficient (Wildman–Crippen LogP) is 3.48. The van der Waals surface area contributed by atoms with Crippen molar-refractivity contribution in [2.24, 2.45) is 5.92 Å². The minimum Gasteiger partial charge on any atom is -0.372 e. The van der Waals surface area contributed by atoms with E-state index in [1.54, 1.807) is 0 Å². The molecule has 1 aromatic rings. The summed E-state index contributed by atoms with van der Waals surface area (Å²) in [4.78, 5) is 16.9. The number of hydrogen-bond donors (Lipinski definition) is 0. The number of piperidine rings is 2. The van der Waals surface area contributed by atoms with Gasteiger partial charge in [-0.2, -0.15) is 0 Å². The van der Waals surface area contributed by atoms with Crippen LogP contribution in [-0.4, -0.2) is 37.0 Å². The van der Waals surface area contributed by atoms with Gasteiger partial charge in [0, 0.05) is 31.9 Å². The highest BCUT2D eigenvalue weighted by Crippen LogP contribution is 2.21. The second kappa shape index (κ2) is 7.17. The summed E-state index contributed by atoms with van der Waals surface area (Å²) in [6.45, 7) is 6.49. The summed E-state index contributed by atoms with van der Waals surface area (Å²) in [5.74, 6) is 1.06. The molecule has 0 N–H and O–H groups in total. The molecule has 0 aliphatic carbocycles. The first kappa shape index (κ1) is 15.4. The molecule has 1 amide bonds. The van der Waals surface area contributed by atoms with E-state index in [-0.39, 0.29) is 5.91 Å². The van der Waals surface area contributed by atoms with Crippen molar-refractivity contribution in [1.82, 2.24) is 4.90 Å². The fraction of sp³-hybridized carbons (Fsp3) is 0.632. The van der Waals surface area contributed by atoms with Crippen LogP contribution in [0.25, 0.3) is 0 Å². The molecular formula is C19H28N2O. The van der Waals surface area contributed by atoms with Gasteiger partial charge >= 0.3 is 0 Å². The molecule has 0 radical (unpaired) electrons. The Morgan fingerprint density at radius 1 is 1.00 bits per heavy atom. The van der Waals surface area contributed by atoms with Crippen LogP contribution < -0.4 is 4.90 Å². The number of benzene rings is 1. The van der Waals surface area contributed by atoms with Crippen LogP contribution in [0.3, 0.4) is 0 Å². The van der Waals surface area contributed by atoms with Crippen LogP contribution in [0.5, 0.6) is 0 Å². The van der Waals surface area contributed by atoms with Gasteiger partial charge in [-0.05, 0) is 55.7 Å². The molecule has 0 saturated carbocycles. The maximum atomic E-state index is 12.4. The summed E-state index contributed by atoms with van der Waals surface area (Å²) in [6.07, 6.45) is 6.81. The Labute approximate surface area is 134 Å². The van der Waals surface area contributed by atoms with Crippen molar-refractivity contribution in [1.29, 1.82) is 0 Å². The monoisotopic (exact) mass is 300 g/mol. The number of likely N-dealkylation sites (tertiary alicyclic amines) is 1. The quantitative estimate of drug-likeness (QED) is 0.853. The van der Waals surface area contributed by atoms with Crippen molar-refractivity contribution < 1.29 is 4.79 Å². The van der Waals surface area contributed by atoms with Gasteiger partial charge in [-0.1, -0.05) is 19.1 Å². The van der Waals surface area contributed by atoms with Gasteiger partial charge < -0.3 is 9.80 Å². The summed E-state index contributed by atoms with van der Waals surface area (Å²) in [5, 5.41) is 0. The number of rotatable bonds is 3. The van der Waals surface area contributed by atoms with E-state index in [2.05, 4.69) is 36.1 Å². The Morgan fingerprint density at radius 3 is 2.27 bits per heavy atom. The minimum absolute atomic E-state index is 0.289. The van der Waals surface area contributed by atoms with E-state index in [9.17, 15) is 4.79 Å². The molecule has 2 aliphatic rings. The largest absolute Gasteiger partial charge is 0.372 e. The highest BCUT2D eigenvalue weighted by Gasteiger charge is 2.20. The third-order valence-corrected chi connectivity index (χ3v) is 5.15. The Morgan fingerprint density at radius 2 is 1.64 bits per heavy atom. The first-order valence-electron chi connectivity index (χ1n) is 8.84. The van der Waals surface area contributed by atoms with Crippen LogP contribution in [0, 0.1) is 5.92 Å². The lowest BCUT2D eigenvalue weighted by Crippen LogP contribution is -2.38. The molecular weight excluding hydrogens is 272 g/mol. The maximum absolute atomic E-state index is 12.4. The molecule has 2 heterocycles. The van der Waals surface area contributed by atoms with Crippen molar-refractivity contribution in [3.05, 3.63) is 29.8 Å². The molecule has 0 aromatic heterocycles. The van der Waals surface area contributed by atoms with Crippen LogP contribution in [0.1, 0.15) is 44.6 Å². The molecule has 0 bridgehead atoms. The van der Waals surface area contributed by atoms with Gasteiger partial charge in [0.05, 0.1) is 6.42 Å². The summed E-state index contributed by atoms with van der Waals surface area (Å²) >= 11 is 0. The summed E-state index contributed by atoms with van der Waals surface area (Å²) < 4.78 is 0. The van der Waals surface area contributed by atoms with Crippen LogP contribution in [0.15, 0.2) is 24.3 Å². The molecule has 22 heavy (non-hydrogen) atoms. The van der Waals surface area contributed by atoms with Gasteiger partial charge in [-0.15, -0.1) is 0 Å². The van der Waals surface area contributed by atoms with E-state index in [0.29, 0.717) is 6.42 Å². The normalized spacial score (nSPS) is 20.2. The lowest BCUT2D eigenvalue weighted by Gasteiger charge is -2.30. The minimum atomic E-state index is 0.289. The molecule has 120 valence electrons. The SMILES string of the molecule is CC1CCN(C(=O)Cc2ccc(N3CCCCC3)cc2)CC1. The van der Waals surface area contributed by atoms with Gasteiger partial charge in [0.1, 0.15) is 0 Å². The van der Waals surface area contributed by atoms with Crippen LogP contribution in [0.4, 0.5) is 5.69 Å². The van der Waals surface area contributed by atoms with Crippen LogP contribution >= 0.6 is 0 Å². The number of amides is 1. The lowest BCUT2D eigenvalue weighted by atomic mass is 9.98. The Hall–Kier alpha value is -1.51. The molecule has 2 aliphatic heterocycles. The van der Waals surface area contributed by atoms with E-state index in [0.717, 1.165) is 37.4 Å². The third kappa shape index (κ3) is 3.82. The lowest BCUT2D eigenvalue weighted by molar-refractivity contribution is -0.131. The number of carbonyl (C=O) groups excluding carboxylic acids is 1. The first-order valence-corrected chi connectivity index (χ1v) is 8.84. The Balaban J connectivity index is 1.55. The fourth-order valence-electron chi connectivity index (χ4n) is 3.52. The second-order valence-electron chi connectivity index (χ2n) is 6.95. The summed E-state index contributed by atoms with van der Waals surface area (Å²) in [7, 11) is 0. The van der Waals surface area contributed by atoms with Gasteiger partial charge in [0.15, 0.2) is 0 Å². The number of carbonyl (C=O) groups is 1. The smallest absolute Gasteiger partial charge is 0.226 e. The Kier molecular flexibility index (Phi) is 5.01. The fourth-order valence-corrected chi connectivity index (χ4v) is 3.52. The van der Waals surface area contributed by atoms with Crippen molar-refractivity contribution in [2.45, 2.75) is 45.4 Å². The van der Waals surface area contributed by atoms with E-state index in [1.807, 2.05) is 4.90 Å². The molecule has 2 fully saturated rings. The number of hydrogen-bond acceptors (Lipinski definition) is 2. The number of nitrogens with zero attached hydrogens (tertiary/aromatic N) is 2. The van der Waals surface area contributed by atoms with E-state index in [4.69, 9.17) is 0 Å². The van der Waals surface area contributed by atoms with Crippen LogP contribution in [0.2, 0.25) is 0 Å². The molecule has 3 heteroatoms. The first-order chi connectivity index (χ1) is 10.7. The molecule has 1 aromatic carbocycles. The second-order valence-corrected chi connectivity index (χ2v) is 6.95. The van der Waals surface area contributed by atoms with E-state index < -0.39 is 0 Å². The van der Waals surface area contributed by atoms with E-state index >= 15 is 0 Å². The van der Waals surface area contributed by atoms with Crippen molar-refractivity contribution in [3.63, 3.8) is 0 Å². The average molecular weight is 300 g/mol. The van der Waals surface area contributed by atoms with Crippen LogP contribution in [-0.2, 0) is 11.2 Å². The average Bonchev–Trinajstić information content (AvgIpc) is 2.57. The maximum Gasteiger partial charge on any atom is 0.226 e. The van der Waals surface area contributed by atoms with Gasteiger partial charge in [0.25, 0.3) is 0 Å². The van der Waals surface area contributed by atoms with Crippen molar-refractivity contribution in [3.8, 4) is 0 Å². The molecule has 0 unspecified atom stereocenters. The van der Waals surface area contributed by atoms with Gasteiger partial charge in [-0.25, -0.2) is 0 Å². The zero-order valence-corrected chi connectivity index (χ0v) is 13.8. The van der Waals surface area contributed by atoms with Gasteiger partial charge in [0.2, 0.25) is 5.91 Å². The molecule has 3 rings (SSSR count). The summed E-state index contributed by atoms with van der Waals surface area (Å²) in [5.41, 5.74) is 2.45. The Bertz CT molecular complexity index is 483.